The predicted molar refractivity (Wildman–Crippen MR) is 70.2 cm³/mol. The molecule has 2 aromatic rings. The Morgan fingerprint density at radius 1 is 1.20 bits per heavy atom. The minimum absolute atomic E-state index is 0.00914. The molecule has 0 radical (unpaired) electrons. The van der Waals surface area contributed by atoms with Crippen molar-refractivity contribution in [2.24, 2.45) is 0 Å². The molecule has 20 heavy (non-hydrogen) atoms. The van der Waals surface area contributed by atoms with Crippen LogP contribution in [0.2, 0.25) is 0 Å². The van der Waals surface area contributed by atoms with Gasteiger partial charge in [0, 0.05) is 12.1 Å². The molecule has 2 aromatic carbocycles. The van der Waals surface area contributed by atoms with Crippen molar-refractivity contribution in [3.63, 3.8) is 0 Å². The molecule has 0 heterocycles. The van der Waals surface area contributed by atoms with Crippen molar-refractivity contribution in [2.45, 2.75) is 6.54 Å². The fourth-order valence-corrected chi connectivity index (χ4v) is 1.71. The summed E-state index contributed by atoms with van der Waals surface area (Å²) >= 11 is 0. The van der Waals surface area contributed by atoms with E-state index in [9.17, 15) is 24.7 Å². The quantitative estimate of drug-likeness (QED) is 0.454. The molecular formula is C13H11FN2O4. The van der Waals surface area contributed by atoms with Crippen LogP contribution < -0.4 is 5.32 Å². The lowest BCUT2D eigenvalue weighted by Crippen LogP contribution is -2.03. The fraction of sp³-hybridized carbons (Fsp3) is 0.0769. The lowest BCUT2D eigenvalue weighted by atomic mass is 10.2. The van der Waals surface area contributed by atoms with E-state index in [2.05, 4.69) is 5.32 Å². The first-order chi connectivity index (χ1) is 9.47. The molecule has 0 fully saturated rings. The second-order valence-corrected chi connectivity index (χ2v) is 4.09. The first kappa shape index (κ1) is 13.6. The van der Waals surface area contributed by atoms with E-state index >= 15 is 0 Å². The second-order valence-electron chi connectivity index (χ2n) is 4.09. The predicted octanol–water partition coefficient (Wildman–Crippen LogP) is 2.76. The molecule has 0 atom stereocenters. The summed E-state index contributed by atoms with van der Waals surface area (Å²) in [4.78, 5) is 10.2. The Balaban J connectivity index is 2.23. The molecule has 0 saturated heterocycles. The second kappa shape index (κ2) is 5.43. The molecule has 0 aliphatic carbocycles. The van der Waals surface area contributed by atoms with Crippen molar-refractivity contribution in [1.29, 1.82) is 0 Å². The van der Waals surface area contributed by atoms with E-state index in [-0.39, 0.29) is 35.0 Å². The number of halogens is 1. The van der Waals surface area contributed by atoms with E-state index in [0.29, 0.717) is 0 Å². The van der Waals surface area contributed by atoms with Gasteiger partial charge < -0.3 is 15.5 Å². The van der Waals surface area contributed by atoms with Crippen molar-refractivity contribution in [1.82, 2.24) is 0 Å². The topological polar surface area (TPSA) is 95.6 Å². The molecule has 0 aliphatic heterocycles. The van der Waals surface area contributed by atoms with Crippen LogP contribution in [-0.2, 0) is 6.54 Å². The van der Waals surface area contributed by atoms with Crippen LogP contribution in [0.1, 0.15) is 5.56 Å². The lowest BCUT2D eigenvalue weighted by Gasteiger charge is -2.09. The number of phenolic OH excluding ortho intramolecular Hbond substituents is 2. The largest absolute Gasteiger partial charge is 0.508 e. The van der Waals surface area contributed by atoms with Crippen LogP contribution in [0.15, 0.2) is 36.4 Å². The van der Waals surface area contributed by atoms with Gasteiger partial charge in [0.2, 0.25) is 0 Å². The number of benzene rings is 2. The number of nitrogens with one attached hydrogen (secondary N) is 1. The molecule has 7 heteroatoms. The van der Waals surface area contributed by atoms with Gasteiger partial charge in [-0.3, -0.25) is 10.1 Å². The average Bonchev–Trinajstić information content (AvgIpc) is 2.40. The molecule has 0 aliphatic rings. The summed E-state index contributed by atoms with van der Waals surface area (Å²) in [6.45, 7) is 0.00914. The zero-order chi connectivity index (χ0) is 14.7. The number of hydrogen-bond donors (Lipinski definition) is 3. The van der Waals surface area contributed by atoms with Gasteiger partial charge in [-0.15, -0.1) is 0 Å². The molecule has 0 amide bonds. The number of anilines is 1. The standard InChI is InChI=1S/C13H11FN2O4/c14-9-1-4-13(18)8(5-9)7-15-11-3-2-10(17)6-12(11)16(19)20/h1-6,15,17-18H,7H2. The van der Waals surface area contributed by atoms with E-state index in [1.165, 1.54) is 18.2 Å². The number of aromatic hydroxyl groups is 2. The fourth-order valence-electron chi connectivity index (χ4n) is 1.71. The smallest absolute Gasteiger partial charge is 0.296 e. The highest BCUT2D eigenvalue weighted by atomic mass is 19.1. The first-order valence-corrected chi connectivity index (χ1v) is 5.66. The molecule has 0 bridgehead atoms. The van der Waals surface area contributed by atoms with Crippen LogP contribution in [0.25, 0.3) is 0 Å². The molecular weight excluding hydrogens is 267 g/mol. The Bertz CT molecular complexity index is 661. The molecule has 0 unspecified atom stereocenters. The maximum Gasteiger partial charge on any atom is 0.296 e. The zero-order valence-electron chi connectivity index (χ0n) is 10.2. The Labute approximate surface area is 113 Å². The normalized spacial score (nSPS) is 10.2. The van der Waals surface area contributed by atoms with Crippen molar-refractivity contribution in [3.8, 4) is 11.5 Å². The Morgan fingerprint density at radius 2 is 1.95 bits per heavy atom. The summed E-state index contributed by atoms with van der Waals surface area (Å²) < 4.78 is 13.1. The summed E-state index contributed by atoms with van der Waals surface area (Å²) in [5, 5.41) is 32.4. The van der Waals surface area contributed by atoms with Crippen LogP contribution in [0.3, 0.4) is 0 Å². The molecule has 2 rings (SSSR count). The van der Waals surface area contributed by atoms with Crippen LogP contribution in [0, 0.1) is 15.9 Å². The van der Waals surface area contributed by atoms with Crippen LogP contribution in [0.4, 0.5) is 15.8 Å². The number of nitrogens with zero attached hydrogens (tertiary/aromatic N) is 1. The maximum atomic E-state index is 13.1. The summed E-state index contributed by atoms with van der Waals surface area (Å²) in [5.41, 5.74) is 0.129. The van der Waals surface area contributed by atoms with Crippen LogP contribution >= 0.6 is 0 Å². The summed E-state index contributed by atoms with van der Waals surface area (Å²) in [7, 11) is 0. The third-order valence-electron chi connectivity index (χ3n) is 2.69. The van der Waals surface area contributed by atoms with Gasteiger partial charge in [-0.05, 0) is 30.3 Å². The van der Waals surface area contributed by atoms with E-state index < -0.39 is 10.7 Å². The minimum atomic E-state index is -0.645. The summed E-state index contributed by atoms with van der Waals surface area (Å²) in [6, 6.07) is 7.09. The zero-order valence-corrected chi connectivity index (χ0v) is 10.2. The first-order valence-electron chi connectivity index (χ1n) is 5.66. The van der Waals surface area contributed by atoms with Gasteiger partial charge in [-0.1, -0.05) is 0 Å². The summed E-state index contributed by atoms with van der Waals surface area (Å²) in [6.07, 6.45) is 0. The maximum absolute atomic E-state index is 13.1. The molecule has 3 N–H and O–H groups in total. The van der Waals surface area contributed by atoms with Crippen molar-refractivity contribution in [2.75, 3.05) is 5.32 Å². The van der Waals surface area contributed by atoms with Crippen LogP contribution in [0.5, 0.6) is 11.5 Å². The third kappa shape index (κ3) is 2.94. The molecule has 0 saturated carbocycles. The van der Waals surface area contributed by atoms with Gasteiger partial charge in [-0.2, -0.15) is 0 Å². The average molecular weight is 278 g/mol. The number of rotatable bonds is 4. The number of hydrogen-bond acceptors (Lipinski definition) is 5. The van der Waals surface area contributed by atoms with Crippen molar-refractivity contribution in [3.05, 3.63) is 57.9 Å². The van der Waals surface area contributed by atoms with Crippen LogP contribution in [-0.4, -0.2) is 15.1 Å². The Morgan fingerprint density at radius 3 is 2.65 bits per heavy atom. The number of nitro benzene ring substituents is 1. The van der Waals surface area contributed by atoms with E-state index in [1.807, 2.05) is 0 Å². The Kier molecular flexibility index (Phi) is 3.69. The molecule has 0 spiro atoms. The summed E-state index contributed by atoms with van der Waals surface area (Å²) in [5.74, 6) is -0.851. The molecule has 6 nitrogen and oxygen atoms in total. The van der Waals surface area contributed by atoms with Gasteiger partial charge in [0.05, 0.1) is 11.0 Å². The lowest BCUT2D eigenvalue weighted by molar-refractivity contribution is -0.384. The number of phenols is 2. The number of nitro groups is 1. The molecule has 0 aromatic heterocycles. The van der Waals surface area contributed by atoms with Crippen molar-refractivity contribution >= 4 is 11.4 Å². The minimum Gasteiger partial charge on any atom is -0.508 e. The van der Waals surface area contributed by atoms with Gasteiger partial charge in [0.25, 0.3) is 5.69 Å². The van der Waals surface area contributed by atoms with Gasteiger partial charge in [0.15, 0.2) is 0 Å². The van der Waals surface area contributed by atoms with Gasteiger partial charge >= 0.3 is 0 Å². The monoisotopic (exact) mass is 278 g/mol. The van der Waals surface area contributed by atoms with Crippen molar-refractivity contribution < 1.29 is 19.5 Å². The third-order valence-corrected chi connectivity index (χ3v) is 2.69. The van der Waals surface area contributed by atoms with Gasteiger partial charge in [-0.25, -0.2) is 4.39 Å². The van der Waals surface area contributed by atoms with E-state index in [4.69, 9.17) is 0 Å². The highest BCUT2D eigenvalue weighted by Crippen LogP contribution is 2.29. The highest BCUT2D eigenvalue weighted by Gasteiger charge is 2.14. The van der Waals surface area contributed by atoms with E-state index in [0.717, 1.165) is 18.2 Å². The molecule has 104 valence electrons. The SMILES string of the molecule is O=[N+]([O-])c1cc(O)ccc1NCc1cc(F)ccc1O. The van der Waals surface area contributed by atoms with E-state index in [1.54, 1.807) is 0 Å². The highest BCUT2D eigenvalue weighted by molar-refractivity contribution is 5.64. The Hall–Kier alpha value is -2.83. The van der Waals surface area contributed by atoms with Gasteiger partial charge in [0.1, 0.15) is 23.0 Å².